The maximum atomic E-state index is 12.8. The van der Waals surface area contributed by atoms with Crippen molar-refractivity contribution in [1.82, 2.24) is 19.9 Å². The van der Waals surface area contributed by atoms with Crippen molar-refractivity contribution in [3.8, 4) is 0 Å². The lowest BCUT2D eigenvalue weighted by Gasteiger charge is -2.30. The Morgan fingerprint density at radius 1 is 1.43 bits per heavy atom. The third kappa shape index (κ3) is 3.95. The fourth-order valence-electron chi connectivity index (χ4n) is 3.35. The first-order valence-electron chi connectivity index (χ1n) is 9.18. The molecule has 0 saturated carbocycles. The summed E-state index contributed by atoms with van der Waals surface area (Å²) in [5.41, 5.74) is 0.493. The second kappa shape index (κ2) is 8.00. The second-order valence-electron chi connectivity index (χ2n) is 7.06. The van der Waals surface area contributed by atoms with Crippen molar-refractivity contribution in [2.24, 2.45) is 5.92 Å². The molecule has 146 valence electrons. The number of halogens is 1. The lowest BCUT2D eigenvalue weighted by atomic mass is 10.0. The van der Waals surface area contributed by atoms with Crippen molar-refractivity contribution < 1.29 is 4.79 Å². The van der Waals surface area contributed by atoms with Crippen LogP contribution in [0.2, 0.25) is 0 Å². The van der Waals surface area contributed by atoms with Gasteiger partial charge in [0, 0.05) is 30.3 Å². The van der Waals surface area contributed by atoms with E-state index >= 15 is 0 Å². The molecule has 1 aliphatic heterocycles. The molecule has 7 nitrogen and oxygen atoms in total. The van der Waals surface area contributed by atoms with Gasteiger partial charge in [0.05, 0.1) is 0 Å². The monoisotopic (exact) mass is 461 g/mol. The molecular formula is C19H20BrN5O2S. The smallest absolute Gasteiger partial charge is 0.288 e. The third-order valence-corrected chi connectivity index (χ3v) is 6.27. The number of nitrogens with zero attached hydrogens (tertiary/aromatic N) is 4. The molecule has 0 spiro atoms. The number of anilines is 1. The third-order valence-electron chi connectivity index (χ3n) is 4.79. The molecule has 1 fully saturated rings. The summed E-state index contributed by atoms with van der Waals surface area (Å²) in [4.78, 5) is 32.3. The van der Waals surface area contributed by atoms with Crippen LogP contribution in [0, 0.1) is 5.92 Å². The number of rotatable bonds is 4. The van der Waals surface area contributed by atoms with Crippen molar-refractivity contribution >= 4 is 43.3 Å². The van der Waals surface area contributed by atoms with E-state index in [-0.39, 0.29) is 5.56 Å². The number of carbonyl (C=O) groups is 1. The summed E-state index contributed by atoms with van der Waals surface area (Å²) in [7, 11) is 0. The molecule has 0 radical (unpaired) electrons. The van der Waals surface area contributed by atoms with Gasteiger partial charge in [0.15, 0.2) is 0 Å². The first kappa shape index (κ1) is 19.1. The van der Waals surface area contributed by atoms with Crippen molar-refractivity contribution in [2.45, 2.75) is 26.3 Å². The second-order valence-corrected chi connectivity index (χ2v) is 8.91. The number of piperidine rings is 1. The maximum absolute atomic E-state index is 12.8. The van der Waals surface area contributed by atoms with E-state index in [4.69, 9.17) is 0 Å². The first-order valence-corrected chi connectivity index (χ1v) is 10.8. The van der Waals surface area contributed by atoms with Gasteiger partial charge in [0.1, 0.15) is 5.56 Å². The van der Waals surface area contributed by atoms with Crippen molar-refractivity contribution in [2.75, 3.05) is 18.0 Å². The first-order chi connectivity index (χ1) is 13.5. The van der Waals surface area contributed by atoms with Gasteiger partial charge in [-0.1, -0.05) is 46.3 Å². The SMILES string of the molecule is C[C@@H]1CCCN(c2nn3c(=O)c(C(=O)NCc4cccc(Br)c4)cnc3s2)C1. The molecule has 0 unspecified atom stereocenters. The number of fused-ring (bicyclic) bond motifs is 1. The summed E-state index contributed by atoms with van der Waals surface area (Å²) < 4.78 is 2.18. The highest BCUT2D eigenvalue weighted by Crippen LogP contribution is 2.26. The molecule has 1 aromatic carbocycles. The van der Waals surface area contributed by atoms with Crippen molar-refractivity contribution in [3.63, 3.8) is 0 Å². The van der Waals surface area contributed by atoms with Crippen LogP contribution >= 0.6 is 27.3 Å². The van der Waals surface area contributed by atoms with Crippen LogP contribution in [0.5, 0.6) is 0 Å². The molecule has 1 N–H and O–H groups in total. The molecule has 1 saturated heterocycles. The normalized spacial score (nSPS) is 17.1. The summed E-state index contributed by atoms with van der Waals surface area (Å²) in [6.45, 7) is 4.40. The van der Waals surface area contributed by atoms with Crippen LogP contribution in [-0.2, 0) is 6.54 Å². The standard InChI is InChI=1S/C19H20BrN5O2S/c1-12-4-3-7-24(11-12)19-23-25-17(27)15(10-22-18(25)28-19)16(26)21-9-13-5-2-6-14(20)8-13/h2,5-6,8,10,12H,3-4,7,9,11H2,1H3,(H,21,26)/t12-/m1/s1. The van der Waals surface area contributed by atoms with E-state index in [0.29, 0.717) is 17.4 Å². The predicted octanol–water partition coefficient (Wildman–Crippen LogP) is 3.08. The minimum Gasteiger partial charge on any atom is -0.348 e. The van der Waals surface area contributed by atoms with Gasteiger partial charge < -0.3 is 10.2 Å². The molecule has 1 amide bonds. The number of hydrogen-bond acceptors (Lipinski definition) is 6. The number of carbonyl (C=O) groups excluding carboxylic acids is 1. The summed E-state index contributed by atoms with van der Waals surface area (Å²) in [5.74, 6) is 0.151. The zero-order valence-corrected chi connectivity index (χ0v) is 17.8. The molecule has 2 aromatic heterocycles. The van der Waals surface area contributed by atoms with Crippen LogP contribution in [0.4, 0.5) is 5.13 Å². The predicted molar refractivity (Wildman–Crippen MR) is 113 cm³/mol. The van der Waals surface area contributed by atoms with E-state index < -0.39 is 11.5 Å². The average Bonchev–Trinajstić information content (AvgIpc) is 3.12. The van der Waals surface area contributed by atoms with Gasteiger partial charge in [-0.25, -0.2) is 4.98 Å². The maximum Gasteiger partial charge on any atom is 0.288 e. The number of amides is 1. The van der Waals surface area contributed by atoms with E-state index in [2.05, 4.69) is 43.2 Å². The number of benzene rings is 1. The highest BCUT2D eigenvalue weighted by atomic mass is 79.9. The van der Waals surface area contributed by atoms with E-state index in [1.807, 2.05) is 24.3 Å². The lowest BCUT2D eigenvalue weighted by molar-refractivity contribution is 0.0948. The van der Waals surface area contributed by atoms with Gasteiger partial charge in [-0.3, -0.25) is 9.59 Å². The van der Waals surface area contributed by atoms with Crippen LogP contribution in [0.1, 0.15) is 35.7 Å². The van der Waals surface area contributed by atoms with Crippen LogP contribution < -0.4 is 15.8 Å². The Bertz CT molecular complexity index is 1080. The minimum absolute atomic E-state index is 0.00337. The van der Waals surface area contributed by atoms with Gasteiger partial charge >= 0.3 is 0 Å². The van der Waals surface area contributed by atoms with Crippen molar-refractivity contribution in [1.29, 1.82) is 0 Å². The Morgan fingerprint density at radius 2 is 2.29 bits per heavy atom. The molecule has 28 heavy (non-hydrogen) atoms. The fourth-order valence-corrected chi connectivity index (χ4v) is 4.69. The Balaban J connectivity index is 1.55. The van der Waals surface area contributed by atoms with Crippen LogP contribution in [-0.4, -0.2) is 33.6 Å². The van der Waals surface area contributed by atoms with Gasteiger partial charge in [-0.2, -0.15) is 4.52 Å². The summed E-state index contributed by atoms with van der Waals surface area (Å²) in [6.07, 6.45) is 3.67. The number of aromatic nitrogens is 3. The molecule has 3 aromatic rings. The summed E-state index contributed by atoms with van der Waals surface area (Å²) in [5, 5.41) is 8.00. The molecule has 1 aliphatic rings. The largest absolute Gasteiger partial charge is 0.348 e. The average molecular weight is 462 g/mol. The van der Waals surface area contributed by atoms with E-state index in [1.54, 1.807) is 0 Å². The minimum atomic E-state index is -0.451. The summed E-state index contributed by atoms with van der Waals surface area (Å²) >= 11 is 4.79. The highest BCUT2D eigenvalue weighted by Gasteiger charge is 2.22. The highest BCUT2D eigenvalue weighted by molar-refractivity contribution is 9.10. The lowest BCUT2D eigenvalue weighted by Crippen LogP contribution is -2.34. The van der Waals surface area contributed by atoms with E-state index in [9.17, 15) is 9.59 Å². The van der Waals surface area contributed by atoms with E-state index in [0.717, 1.165) is 34.7 Å². The molecule has 1 atom stereocenters. The molecule has 4 rings (SSSR count). The molecule has 0 aliphatic carbocycles. The molecule has 9 heteroatoms. The quantitative estimate of drug-likeness (QED) is 0.645. The topological polar surface area (TPSA) is 79.6 Å². The zero-order valence-electron chi connectivity index (χ0n) is 15.4. The number of nitrogens with one attached hydrogen (secondary N) is 1. The van der Waals surface area contributed by atoms with Crippen LogP contribution in [0.3, 0.4) is 0 Å². The van der Waals surface area contributed by atoms with Crippen LogP contribution in [0.15, 0.2) is 39.7 Å². The van der Waals surface area contributed by atoms with Gasteiger partial charge in [0.2, 0.25) is 10.1 Å². The summed E-state index contributed by atoms with van der Waals surface area (Å²) in [6, 6.07) is 7.64. The van der Waals surface area contributed by atoms with Gasteiger partial charge in [-0.05, 0) is 36.5 Å². The van der Waals surface area contributed by atoms with Crippen LogP contribution in [0.25, 0.3) is 4.96 Å². The van der Waals surface area contributed by atoms with Crippen molar-refractivity contribution in [3.05, 3.63) is 56.4 Å². The van der Waals surface area contributed by atoms with E-state index in [1.165, 1.54) is 28.5 Å². The Kier molecular flexibility index (Phi) is 5.45. The Morgan fingerprint density at radius 3 is 3.07 bits per heavy atom. The molecule has 0 bridgehead atoms. The zero-order chi connectivity index (χ0) is 19.7. The Labute approximate surface area is 174 Å². The van der Waals surface area contributed by atoms with Gasteiger partial charge in [-0.15, -0.1) is 5.10 Å². The fraction of sp³-hybridized carbons (Fsp3) is 0.368. The number of hydrogen-bond donors (Lipinski definition) is 1. The Hall–Kier alpha value is -2.26. The van der Waals surface area contributed by atoms with Gasteiger partial charge in [0.25, 0.3) is 11.5 Å². The molecule has 3 heterocycles. The molecular weight excluding hydrogens is 442 g/mol.